The van der Waals surface area contributed by atoms with E-state index in [0.717, 1.165) is 0 Å². The van der Waals surface area contributed by atoms with Gasteiger partial charge in [0.2, 0.25) is 5.78 Å². The van der Waals surface area contributed by atoms with E-state index in [-0.39, 0.29) is 11.3 Å². The number of amides is 1. The lowest BCUT2D eigenvalue weighted by Gasteiger charge is -2.24. The lowest BCUT2D eigenvalue weighted by Crippen LogP contribution is -2.27. The average molecular weight is 343 g/mol. The third kappa shape index (κ3) is 2.63. The number of likely N-dealkylation sites (N-methyl/N-ethyl adjacent to an activating group) is 1. The maximum atomic E-state index is 12.8. The Hall–Kier alpha value is -3.22. The molecule has 1 aliphatic heterocycles. The van der Waals surface area contributed by atoms with Crippen LogP contribution in [0.3, 0.4) is 0 Å². The van der Waals surface area contributed by atoms with Gasteiger partial charge in [-0.25, -0.2) is 0 Å². The number of benzene rings is 1. The van der Waals surface area contributed by atoms with Crippen LogP contribution in [0.5, 0.6) is 11.5 Å². The number of ketones is 1. The number of nitrogens with zero attached hydrogens (tertiary/aromatic N) is 1. The molecule has 3 rings (SSSR count). The summed E-state index contributed by atoms with van der Waals surface area (Å²) in [6.07, 6.45) is 1.35. The summed E-state index contributed by atoms with van der Waals surface area (Å²) < 4.78 is 15.7. The van der Waals surface area contributed by atoms with Gasteiger partial charge in [0, 0.05) is 12.6 Å². The number of carbonyl (C=O) groups excluding carboxylic acids is 2. The molecular weight excluding hydrogens is 326 g/mol. The van der Waals surface area contributed by atoms with E-state index in [1.807, 2.05) is 0 Å². The minimum absolute atomic E-state index is 0.0384. The number of carbonyl (C=O) groups is 2. The normalized spacial score (nSPS) is 17.2. The van der Waals surface area contributed by atoms with Crippen LogP contribution in [0, 0.1) is 0 Å². The molecule has 1 aromatic heterocycles. The van der Waals surface area contributed by atoms with Crippen LogP contribution in [0.15, 0.2) is 52.3 Å². The Morgan fingerprint density at radius 2 is 2.00 bits per heavy atom. The molecule has 0 bridgehead atoms. The van der Waals surface area contributed by atoms with E-state index in [9.17, 15) is 14.7 Å². The largest absolute Gasteiger partial charge is 0.503 e. The third-order valence-corrected chi connectivity index (χ3v) is 4.16. The van der Waals surface area contributed by atoms with Crippen molar-refractivity contribution < 1.29 is 28.6 Å². The SMILES string of the molecule is COc1ccc(OC)c(C2C(C(=O)c3ccco3)=C(O)C(=O)N2C)c1. The van der Waals surface area contributed by atoms with Gasteiger partial charge in [-0.1, -0.05) is 0 Å². The van der Waals surface area contributed by atoms with E-state index >= 15 is 0 Å². The van der Waals surface area contributed by atoms with Crippen molar-refractivity contribution in [3.8, 4) is 11.5 Å². The molecule has 0 aliphatic carbocycles. The summed E-state index contributed by atoms with van der Waals surface area (Å²) >= 11 is 0. The van der Waals surface area contributed by atoms with E-state index in [1.165, 1.54) is 38.5 Å². The van der Waals surface area contributed by atoms with Crippen LogP contribution in [-0.2, 0) is 4.79 Å². The molecule has 1 unspecified atom stereocenters. The Kier molecular flexibility index (Phi) is 4.22. The summed E-state index contributed by atoms with van der Waals surface area (Å²) in [6.45, 7) is 0. The molecule has 1 N–H and O–H groups in total. The van der Waals surface area contributed by atoms with Crippen molar-refractivity contribution in [2.24, 2.45) is 0 Å². The van der Waals surface area contributed by atoms with E-state index in [0.29, 0.717) is 17.1 Å². The average Bonchev–Trinajstić information content (AvgIpc) is 3.24. The molecule has 1 aliphatic rings. The number of methoxy groups -OCH3 is 2. The molecule has 0 spiro atoms. The lowest BCUT2D eigenvalue weighted by molar-refractivity contribution is -0.128. The predicted molar refractivity (Wildman–Crippen MR) is 87.8 cm³/mol. The number of Topliss-reactive ketones (excluding diaryl/α,β-unsaturated/α-hetero) is 1. The van der Waals surface area contributed by atoms with Crippen molar-refractivity contribution in [1.82, 2.24) is 4.90 Å². The molecule has 0 saturated carbocycles. The molecular formula is C18H17NO6. The highest BCUT2D eigenvalue weighted by Crippen LogP contribution is 2.42. The molecule has 25 heavy (non-hydrogen) atoms. The second-order valence-electron chi connectivity index (χ2n) is 5.50. The highest BCUT2D eigenvalue weighted by atomic mass is 16.5. The van der Waals surface area contributed by atoms with Crippen LogP contribution in [-0.4, -0.2) is 43.0 Å². The lowest BCUT2D eigenvalue weighted by atomic mass is 9.94. The molecule has 0 fully saturated rings. The Morgan fingerprint density at radius 3 is 2.60 bits per heavy atom. The Morgan fingerprint density at radius 1 is 1.24 bits per heavy atom. The fraction of sp³-hybridized carbons (Fsp3) is 0.222. The zero-order valence-electron chi connectivity index (χ0n) is 14.0. The Bertz CT molecular complexity index is 852. The molecule has 2 heterocycles. The first-order valence-corrected chi connectivity index (χ1v) is 7.50. The first-order chi connectivity index (χ1) is 12.0. The molecule has 7 heteroatoms. The number of ether oxygens (including phenoxy) is 2. The van der Waals surface area contributed by atoms with Crippen LogP contribution in [0.1, 0.15) is 22.2 Å². The van der Waals surface area contributed by atoms with Crippen molar-refractivity contribution in [2.45, 2.75) is 6.04 Å². The second kappa shape index (κ2) is 6.35. The number of aliphatic hydroxyl groups is 1. The molecule has 0 radical (unpaired) electrons. The molecule has 1 atom stereocenters. The fourth-order valence-corrected chi connectivity index (χ4v) is 2.91. The molecule has 2 aromatic rings. The van der Waals surface area contributed by atoms with Crippen molar-refractivity contribution >= 4 is 11.7 Å². The van der Waals surface area contributed by atoms with Crippen LogP contribution < -0.4 is 9.47 Å². The van der Waals surface area contributed by atoms with Gasteiger partial charge >= 0.3 is 0 Å². The summed E-state index contributed by atoms with van der Waals surface area (Å²) in [4.78, 5) is 26.4. The van der Waals surface area contributed by atoms with Crippen molar-refractivity contribution in [3.63, 3.8) is 0 Å². The van der Waals surface area contributed by atoms with E-state index in [4.69, 9.17) is 13.9 Å². The molecule has 130 valence electrons. The summed E-state index contributed by atoms with van der Waals surface area (Å²) in [5, 5.41) is 10.3. The smallest absolute Gasteiger partial charge is 0.289 e. The predicted octanol–water partition coefficient (Wildman–Crippen LogP) is 2.50. The summed E-state index contributed by atoms with van der Waals surface area (Å²) in [6, 6.07) is 7.27. The monoisotopic (exact) mass is 343 g/mol. The number of aliphatic hydroxyl groups excluding tert-OH is 1. The highest BCUT2D eigenvalue weighted by Gasteiger charge is 2.43. The minimum atomic E-state index is -0.824. The highest BCUT2D eigenvalue weighted by molar-refractivity contribution is 6.15. The molecule has 1 amide bonds. The summed E-state index contributed by atoms with van der Waals surface area (Å²) in [5.41, 5.74) is 0.464. The summed E-state index contributed by atoms with van der Waals surface area (Å²) in [7, 11) is 4.50. The first kappa shape index (κ1) is 16.6. The second-order valence-corrected chi connectivity index (χ2v) is 5.50. The van der Waals surface area contributed by atoms with Gasteiger partial charge in [0.25, 0.3) is 5.91 Å². The van der Waals surface area contributed by atoms with Gasteiger partial charge in [-0.2, -0.15) is 0 Å². The Labute approximate surface area is 144 Å². The number of hydrogen-bond acceptors (Lipinski definition) is 6. The topological polar surface area (TPSA) is 89.2 Å². The quantitative estimate of drug-likeness (QED) is 0.839. The zero-order valence-corrected chi connectivity index (χ0v) is 14.0. The number of hydrogen-bond donors (Lipinski definition) is 1. The molecule has 1 aromatic carbocycles. The number of furan rings is 1. The standard InChI is InChI=1S/C18H17NO6/c1-19-15(11-9-10(23-2)6-7-12(11)24-3)14(17(21)18(19)22)16(20)13-5-4-8-25-13/h4-9,15,21H,1-3H3. The van der Waals surface area contributed by atoms with Gasteiger partial charge in [0.05, 0.1) is 32.1 Å². The Balaban J connectivity index is 2.16. The van der Waals surface area contributed by atoms with Gasteiger partial charge in [-0.05, 0) is 30.3 Å². The third-order valence-electron chi connectivity index (χ3n) is 4.16. The minimum Gasteiger partial charge on any atom is -0.503 e. The maximum absolute atomic E-state index is 12.8. The summed E-state index contributed by atoms with van der Waals surface area (Å²) in [5.74, 6) is -0.770. The van der Waals surface area contributed by atoms with Gasteiger partial charge in [-0.15, -0.1) is 0 Å². The first-order valence-electron chi connectivity index (χ1n) is 7.50. The zero-order chi connectivity index (χ0) is 18.1. The van der Waals surface area contributed by atoms with Crippen LogP contribution in [0.2, 0.25) is 0 Å². The van der Waals surface area contributed by atoms with E-state index < -0.39 is 23.5 Å². The van der Waals surface area contributed by atoms with Gasteiger partial charge in [-0.3, -0.25) is 9.59 Å². The molecule has 7 nitrogen and oxygen atoms in total. The van der Waals surface area contributed by atoms with Crippen molar-refractivity contribution in [1.29, 1.82) is 0 Å². The van der Waals surface area contributed by atoms with Gasteiger partial charge in [0.1, 0.15) is 11.5 Å². The van der Waals surface area contributed by atoms with Crippen LogP contribution in [0.4, 0.5) is 0 Å². The maximum Gasteiger partial charge on any atom is 0.289 e. The molecule has 0 saturated heterocycles. The van der Waals surface area contributed by atoms with Crippen molar-refractivity contribution in [2.75, 3.05) is 21.3 Å². The van der Waals surface area contributed by atoms with Crippen LogP contribution >= 0.6 is 0 Å². The number of rotatable bonds is 5. The van der Waals surface area contributed by atoms with Gasteiger partial charge < -0.3 is 23.9 Å². The van der Waals surface area contributed by atoms with Crippen LogP contribution in [0.25, 0.3) is 0 Å². The van der Waals surface area contributed by atoms with Gasteiger partial charge in [0.15, 0.2) is 11.5 Å². The van der Waals surface area contributed by atoms with E-state index in [2.05, 4.69) is 0 Å². The van der Waals surface area contributed by atoms with E-state index in [1.54, 1.807) is 24.3 Å². The van der Waals surface area contributed by atoms with Crippen molar-refractivity contribution in [3.05, 3.63) is 59.3 Å². The fourth-order valence-electron chi connectivity index (χ4n) is 2.91.